The van der Waals surface area contributed by atoms with E-state index in [-0.39, 0.29) is 18.2 Å². The topological polar surface area (TPSA) is 110 Å². The molecular formula is C24H25Cl2N5O3. The lowest BCUT2D eigenvalue weighted by Gasteiger charge is -2.43. The highest BCUT2D eigenvalue weighted by atomic mass is 35.5. The third kappa shape index (κ3) is 4.31. The second kappa shape index (κ2) is 9.79. The van der Waals surface area contributed by atoms with Crippen LogP contribution in [0.4, 0.5) is 10.6 Å². The molecule has 3 heterocycles. The number of piperidine rings is 1. The van der Waals surface area contributed by atoms with E-state index in [2.05, 4.69) is 21.3 Å². The first-order valence-corrected chi connectivity index (χ1v) is 11.8. The highest BCUT2D eigenvalue weighted by Crippen LogP contribution is 2.42. The number of rotatable bonds is 5. The molecule has 2 saturated heterocycles. The molecule has 178 valence electrons. The van der Waals surface area contributed by atoms with Gasteiger partial charge in [-0.25, -0.2) is 9.78 Å². The van der Waals surface area contributed by atoms with Crippen molar-refractivity contribution < 1.29 is 14.7 Å². The van der Waals surface area contributed by atoms with E-state index in [9.17, 15) is 14.7 Å². The predicted molar refractivity (Wildman–Crippen MR) is 129 cm³/mol. The molecule has 0 spiro atoms. The minimum absolute atomic E-state index is 0.0779. The molecule has 34 heavy (non-hydrogen) atoms. The average Bonchev–Trinajstić information content (AvgIpc) is 3.31. The van der Waals surface area contributed by atoms with Gasteiger partial charge in [0.15, 0.2) is 5.78 Å². The Bertz CT molecular complexity index is 1130. The summed E-state index contributed by atoms with van der Waals surface area (Å²) in [5, 5.41) is 22.9. The lowest BCUT2D eigenvalue weighted by molar-refractivity contribution is -0.134. The van der Waals surface area contributed by atoms with Crippen LogP contribution in [0.1, 0.15) is 29.9 Å². The number of aromatic nitrogens is 1. The summed E-state index contributed by atoms with van der Waals surface area (Å²) in [5.74, 6) is 0.0000786. The summed E-state index contributed by atoms with van der Waals surface area (Å²) < 4.78 is 0. The molecular weight excluding hydrogens is 477 g/mol. The van der Waals surface area contributed by atoms with Gasteiger partial charge in [0, 0.05) is 51.3 Å². The van der Waals surface area contributed by atoms with Gasteiger partial charge in [-0.1, -0.05) is 29.3 Å². The van der Waals surface area contributed by atoms with Crippen molar-refractivity contribution in [1.82, 2.24) is 15.2 Å². The number of carbonyl (C=O) groups excluding carboxylic acids is 1. The van der Waals surface area contributed by atoms with Crippen LogP contribution in [0.2, 0.25) is 10.0 Å². The first kappa shape index (κ1) is 24.3. The number of pyridine rings is 1. The zero-order chi connectivity index (χ0) is 24.5. The van der Waals surface area contributed by atoms with Crippen LogP contribution in [0.5, 0.6) is 0 Å². The van der Waals surface area contributed by atoms with Crippen molar-refractivity contribution in [1.29, 1.82) is 5.26 Å². The van der Waals surface area contributed by atoms with Crippen molar-refractivity contribution in [3.8, 4) is 6.07 Å². The number of nitrogens with one attached hydrogen (secondary N) is 1. The zero-order valence-corrected chi connectivity index (χ0v) is 20.2. The normalized spacial score (nSPS) is 22.9. The standard InChI is InChI=1S/C24H25Cl2N5O3/c1-30(23(33)34)24(14-28-13-18(24)17-3-4-19(25)20(26)10-17)22(32)16-6-8-31(9-7-16)21-5-2-15(11-27)12-29-21/h2-5,10,12,16,18,28H,6-9,13-14H2,1H3,(H,33,34)/t18-,24+/m0/s1. The first-order chi connectivity index (χ1) is 16.3. The Hall–Kier alpha value is -2.86. The van der Waals surface area contributed by atoms with E-state index in [0.29, 0.717) is 48.1 Å². The molecule has 0 saturated carbocycles. The highest BCUT2D eigenvalue weighted by molar-refractivity contribution is 6.42. The number of likely N-dealkylation sites (N-methyl/N-ethyl adjacent to an activating group) is 1. The van der Waals surface area contributed by atoms with Crippen LogP contribution in [0, 0.1) is 17.2 Å². The van der Waals surface area contributed by atoms with Gasteiger partial charge >= 0.3 is 6.09 Å². The van der Waals surface area contributed by atoms with Crippen LogP contribution in [-0.2, 0) is 4.79 Å². The van der Waals surface area contributed by atoms with Crippen LogP contribution in [0.25, 0.3) is 0 Å². The van der Waals surface area contributed by atoms with Gasteiger partial charge in [0.1, 0.15) is 17.4 Å². The van der Waals surface area contributed by atoms with Gasteiger partial charge in [0.2, 0.25) is 0 Å². The summed E-state index contributed by atoms with van der Waals surface area (Å²) in [4.78, 5) is 33.8. The van der Waals surface area contributed by atoms with Crippen LogP contribution >= 0.6 is 23.2 Å². The summed E-state index contributed by atoms with van der Waals surface area (Å²) in [5.41, 5.74) is 0.0253. The van der Waals surface area contributed by atoms with Crippen molar-refractivity contribution in [3.63, 3.8) is 0 Å². The maximum absolute atomic E-state index is 14.1. The summed E-state index contributed by atoms with van der Waals surface area (Å²) in [6.45, 7) is 1.92. The van der Waals surface area contributed by atoms with E-state index in [1.807, 2.05) is 12.1 Å². The number of halogens is 2. The molecule has 2 aliphatic heterocycles. The summed E-state index contributed by atoms with van der Waals surface area (Å²) in [6, 6.07) is 10.8. The van der Waals surface area contributed by atoms with Gasteiger partial charge in [-0.05, 0) is 42.7 Å². The van der Waals surface area contributed by atoms with Gasteiger partial charge in [-0.15, -0.1) is 0 Å². The van der Waals surface area contributed by atoms with E-state index in [0.717, 1.165) is 16.3 Å². The lowest BCUT2D eigenvalue weighted by atomic mass is 9.72. The SMILES string of the molecule is CN(C(=O)O)[C@]1(C(=O)C2CCN(c3ccc(C#N)cn3)CC2)CNC[C@H]1c1ccc(Cl)c(Cl)c1. The molecule has 4 rings (SSSR count). The molecule has 0 bridgehead atoms. The molecule has 0 radical (unpaired) electrons. The molecule has 2 fully saturated rings. The monoisotopic (exact) mass is 501 g/mol. The second-order valence-electron chi connectivity index (χ2n) is 8.77. The largest absolute Gasteiger partial charge is 0.465 e. The predicted octanol–water partition coefficient (Wildman–Crippen LogP) is 3.78. The van der Waals surface area contributed by atoms with E-state index in [1.54, 1.807) is 18.2 Å². The molecule has 1 amide bonds. The molecule has 1 aromatic carbocycles. The van der Waals surface area contributed by atoms with Crippen molar-refractivity contribution in [2.75, 3.05) is 38.1 Å². The molecule has 2 aromatic rings. The maximum atomic E-state index is 14.1. The van der Waals surface area contributed by atoms with Crippen molar-refractivity contribution in [3.05, 3.63) is 57.7 Å². The Kier molecular flexibility index (Phi) is 6.99. The number of hydrogen-bond donors (Lipinski definition) is 2. The van der Waals surface area contributed by atoms with Crippen molar-refractivity contribution in [2.45, 2.75) is 24.3 Å². The zero-order valence-electron chi connectivity index (χ0n) is 18.7. The Labute approximate surface area is 208 Å². The number of ketones is 1. The molecule has 0 aliphatic carbocycles. The average molecular weight is 502 g/mol. The van der Waals surface area contributed by atoms with Crippen LogP contribution in [0.3, 0.4) is 0 Å². The number of benzene rings is 1. The van der Waals surface area contributed by atoms with Gasteiger partial charge in [-0.2, -0.15) is 5.26 Å². The van der Waals surface area contributed by atoms with E-state index in [1.165, 1.54) is 13.2 Å². The van der Waals surface area contributed by atoms with Gasteiger partial charge < -0.3 is 15.3 Å². The number of nitriles is 1. The molecule has 0 unspecified atom stereocenters. The number of carboxylic acid groups (broad SMARTS) is 1. The smallest absolute Gasteiger partial charge is 0.407 e. The van der Waals surface area contributed by atoms with E-state index < -0.39 is 17.6 Å². The summed E-state index contributed by atoms with van der Waals surface area (Å²) in [6.07, 6.45) is 1.56. The molecule has 1 aromatic heterocycles. The molecule has 2 N–H and O–H groups in total. The third-order valence-corrected chi connectivity index (χ3v) is 7.78. The minimum Gasteiger partial charge on any atom is -0.465 e. The Morgan fingerprint density at radius 3 is 2.56 bits per heavy atom. The maximum Gasteiger partial charge on any atom is 0.407 e. The molecule has 10 heteroatoms. The fraction of sp³-hybridized carbons (Fsp3) is 0.417. The Balaban J connectivity index is 1.59. The van der Waals surface area contributed by atoms with Gasteiger partial charge in [-0.3, -0.25) is 9.69 Å². The summed E-state index contributed by atoms with van der Waals surface area (Å²) >= 11 is 12.3. The van der Waals surface area contributed by atoms with E-state index >= 15 is 0 Å². The van der Waals surface area contributed by atoms with Crippen LogP contribution < -0.4 is 10.2 Å². The Morgan fingerprint density at radius 2 is 1.97 bits per heavy atom. The number of Topliss-reactive ketones (excluding diaryl/α,β-unsaturated/α-hetero) is 1. The highest BCUT2D eigenvalue weighted by Gasteiger charge is 2.56. The first-order valence-electron chi connectivity index (χ1n) is 11.1. The quantitative estimate of drug-likeness (QED) is 0.641. The van der Waals surface area contributed by atoms with Gasteiger partial charge in [0.25, 0.3) is 0 Å². The van der Waals surface area contributed by atoms with Crippen molar-refractivity contribution >= 4 is 40.9 Å². The Morgan fingerprint density at radius 1 is 1.24 bits per heavy atom. The second-order valence-corrected chi connectivity index (χ2v) is 9.58. The molecule has 2 aliphatic rings. The third-order valence-electron chi connectivity index (χ3n) is 7.04. The number of anilines is 1. The van der Waals surface area contributed by atoms with Crippen molar-refractivity contribution in [2.24, 2.45) is 5.92 Å². The molecule has 8 nitrogen and oxygen atoms in total. The van der Waals surface area contributed by atoms with E-state index in [4.69, 9.17) is 28.5 Å². The van der Waals surface area contributed by atoms with Crippen LogP contribution in [-0.4, -0.2) is 65.6 Å². The van der Waals surface area contributed by atoms with Gasteiger partial charge in [0.05, 0.1) is 15.6 Å². The fourth-order valence-electron chi connectivity index (χ4n) is 5.13. The lowest BCUT2D eigenvalue weighted by Crippen LogP contribution is -2.61. The summed E-state index contributed by atoms with van der Waals surface area (Å²) in [7, 11) is 1.47. The van der Waals surface area contributed by atoms with Crippen LogP contribution in [0.15, 0.2) is 36.5 Å². The molecule has 2 atom stereocenters. The minimum atomic E-state index is -1.25. The number of hydrogen-bond acceptors (Lipinski definition) is 6. The number of carbonyl (C=O) groups is 2. The number of amides is 1. The fourth-order valence-corrected chi connectivity index (χ4v) is 5.44. The number of nitrogens with zero attached hydrogens (tertiary/aromatic N) is 4.